The zero-order chi connectivity index (χ0) is 17.3. The second kappa shape index (κ2) is 6.28. The zero-order valence-electron chi connectivity index (χ0n) is 14.2. The monoisotopic (exact) mass is 321 g/mol. The Kier molecular flexibility index (Phi) is 4.16. The van der Waals surface area contributed by atoms with Crippen LogP contribution in [0.2, 0.25) is 0 Å². The SMILES string of the molecule is Cc1ccc(C(=O)Nc2nnc(-c3ccc(C)cc3C)o2)c(C)c1. The Balaban J connectivity index is 1.82. The highest BCUT2D eigenvalue weighted by Crippen LogP contribution is 2.24. The molecule has 122 valence electrons. The van der Waals surface area contributed by atoms with Gasteiger partial charge in [0.15, 0.2) is 0 Å². The van der Waals surface area contributed by atoms with Crippen LogP contribution in [0.5, 0.6) is 0 Å². The number of rotatable bonds is 3. The molecule has 24 heavy (non-hydrogen) atoms. The number of carbonyl (C=O) groups excluding carboxylic acids is 1. The fourth-order valence-electron chi connectivity index (χ4n) is 2.67. The molecule has 0 radical (unpaired) electrons. The fraction of sp³-hybridized carbons (Fsp3) is 0.211. The molecule has 0 bridgehead atoms. The predicted octanol–water partition coefficient (Wildman–Crippen LogP) is 4.22. The smallest absolute Gasteiger partial charge is 0.322 e. The molecule has 5 nitrogen and oxygen atoms in total. The molecule has 2 aromatic carbocycles. The molecule has 5 heteroatoms. The minimum atomic E-state index is -0.261. The summed E-state index contributed by atoms with van der Waals surface area (Å²) in [5, 5.41) is 10.6. The molecule has 1 heterocycles. The Hall–Kier alpha value is -2.95. The molecule has 0 aliphatic carbocycles. The lowest BCUT2D eigenvalue weighted by Crippen LogP contribution is -2.13. The van der Waals surface area contributed by atoms with Gasteiger partial charge in [-0.3, -0.25) is 10.1 Å². The molecular weight excluding hydrogens is 302 g/mol. The lowest BCUT2D eigenvalue weighted by Gasteiger charge is -2.05. The van der Waals surface area contributed by atoms with E-state index in [2.05, 4.69) is 15.5 Å². The van der Waals surface area contributed by atoms with Crippen LogP contribution >= 0.6 is 0 Å². The van der Waals surface area contributed by atoms with Crippen LogP contribution in [0, 0.1) is 27.7 Å². The third-order valence-corrected chi connectivity index (χ3v) is 3.88. The van der Waals surface area contributed by atoms with E-state index in [0.29, 0.717) is 11.5 Å². The normalized spacial score (nSPS) is 10.7. The van der Waals surface area contributed by atoms with Crippen LogP contribution in [-0.2, 0) is 0 Å². The molecule has 1 N–H and O–H groups in total. The first kappa shape index (κ1) is 15.9. The summed E-state index contributed by atoms with van der Waals surface area (Å²) >= 11 is 0. The maximum absolute atomic E-state index is 12.4. The van der Waals surface area contributed by atoms with Crippen molar-refractivity contribution in [3.63, 3.8) is 0 Å². The van der Waals surface area contributed by atoms with Gasteiger partial charge in [0.05, 0.1) is 0 Å². The highest BCUT2D eigenvalue weighted by Gasteiger charge is 2.15. The molecule has 0 aliphatic rings. The largest absolute Gasteiger partial charge is 0.403 e. The maximum atomic E-state index is 12.4. The van der Waals surface area contributed by atoms with Gasteiger partial charge in [-0.1, -0.05) is 40.5 Å². The molecule has 0 aliphatic heterocycles. The number of amides is 1. The molecule has 3 aromatic rings. The lowest BCUT2D eigenvalue weighted by molar-refractivity contribution is 0.102. The minimum absolute atomic E-state index is 0.0925. The van der Waals surface area contributed by atoms with Crippen molar-refractivity contribution in [2.24, 2.45) is 0 Å². The van der Waals surface area contributed by atoms with E-state index in [9.17, 15) is 4.79 Å². The van der Waals surface area contributed by atoms with Gasteiger partial charge in [-0.2, -0.15) is 0 Å². The quantitative estimate of drug-likeness (QED) is 0.784. The molecule has 0 saturated carbocycles. The van der Waals surface area contributed by atoms with Crippen molar-refractivity contribution in [2.75, 3.05) is 5.32 Å². The summed E-state index contributed by atoms with van der Waals surface area (Å²) in [7, 11) is 0. The average molecular weight is 321 g/mol. The first-order chi connectivity index (χ1) is 11.4. The van der Waals surface area contributed by atoms with E-state index in [1.807, 2.05) is 58.0 Å². The van der Waals surface area contributed by atoms with E-state index in [4.69, 9.17) is 4.42 Å². The maximum Gasteiger partial charge on any atom is 0.322 e. The van der Waals surface area contributed by atoms with E-state index >= 15 is 0 Å². The van der Waals surface area contributed by atoms with Gasteiger partial charge in [-0.25, -0.2) is 0 Å². The second-order valence-electron chi connectivity index (χ2n) is 6.00. The number of hydrogen-bond donors (Lipinski definition) is 1. The van der Waals surface area contributed by atoms with Crippen LogP contribution in [0.4, 0.5) is 6.01 Å². The van der Waals surface area contributed by atoms with E-state index in [1.165, 1.54) is 5.56 Å². The van der Waals surface area contributed by atoms with Crippen molar-refractivity contribution >= 4 is 11.9 Å². The number of anilines is 1. The van der Waals surface area contributed by atoms with Crippen LogP contribution in [0.3, 0.4) is 0 Å². The third kappa shape index (κ3) is 3.20. The first-order valence-corrected chi connectivity index (χ1v) is 7.74. The number of aryl methyl sites for hydroxylation is 4. The van der Waals surface area contributed by atoms with E-state index in [0.717, 1.165) is 22.3 Å². The Labute approximate surface area is 140 Å². The Morgan fingerprint density at radius 1 is 0.917 bits per heavy atom. The summed E-state index contributed by atoms with van der Waals surface area (Å²) in [4.78, 5) is 12.4. The Morgan fingerprint density at radius 2 is 1.58 bits per heavy atom. The fourth-order valence-corrected chi connectivity index (χ4v) is 2.67. The standard InChI is InChI=1S/C19H19N3O2/c1-11-5-7-15(13(3)9-11)17(23)20-19-22-21-18(24-19)16-8-6-12(2)10-14(16)4/h5-10H,1-4H3,(H,20,22,23). The topological polar surface area (TPSA) is 68.0 Å². The molecule has 1 amide bonds. The van der Waals surface area contributed by atoms with Crippen molar-refractivity contribution < 1.29 is 9.21 Å². The second-order valence-corrected chi connectivity index (χ2v) is 6.00. The van der Waals surface area contributed by atoms with Gasteiger partial charge in [-0.15, -0.1) is 5.10 Å². The van der Waals surface area contributed by atoms with Crippen molar-refractivity contribution in [2.45, 2.75) is 27.7 Å². The van der Waals surface area contributed by atoms with E-state index in [-0.39, 0.29) is 11.9 Å². The van der Waals surface area contributed by atoms with E-state index in [1.54, 1.807) is 6.07 Å². The van der Waals surface area contributed by atoms with Crippen LogP contribution in [0.25, 0.3) is 11.5 Å². The molecule has 0 spiro atoms. The van der Waals surface area contributed by atoms with E-state index < -0.39 is 0 Å². The summed E-state index contributed by atoms with van der Waals surface area (Å²) < 4.78 is 5.59. The molecule has 0 fully saturated rings. The van der Waals surface area contributed by atoms with Crippen LogP contribution in [0.1, 0.15) is 32.6 Å². The summed E-state index contributed by atoms with van der Waals surface area (Å²) in [5.74, 6) is 0.131. The third-order valence-electron chi connectivity index (χ3n) is 3.88. The molecule has 0 atom stereocenters. The predicted molar refractivity (Wildman–Crippen MR) is 93.1 cm³/mol. The zero-order valence-corrected chi connectivity index (χ0v) is 14.2. The molecule has 1 aromatic heterocycles. The van der Waals surface area contributed by atoms with Crippen LogP contribution in [-0.4, -0.2) is 16.1 Å². The van der Waals surface area contributed by atoms with Crippen LogP contribution in [0.15, 0.2) is 40.8 Å². The van der Waals surface area contributed by atoms with Gasteiger partial charge in [0.1, 0.15) is 0 Å². The Bertz CT molecular complexity index is 913. The van der Waals surface area contributed by atoms with Gasteiger partial charge in [-0.05, 0) is 51.0 Å². The first-order valence-electron chi connectivity index (χ1n) is 7.74. The van der Waals surface area contributed by atoms with Crippen molar-refractivity contribution in [3.8, 4) is 11.5 Å². The lowest BCUT2D eigenvalue weighted by atomic mass is 10.1. The molecule has 3 rings (SSSR count). The molecular formula is C19H19N3O2. The van der Waals surface area contributed by atoms with Crippen molar-refractivity contribution in [3.05, 3.63) is 64.2 Å². The number of hydrogen-bond acceptors (Lipinski definition) is 4. The summed E-state index contributed by atoms with van der Waals surface area (Å²) in [6, 6.07) is 11.7. The number of nitrogens with zero attached hydrogens (tertiary/aromatic N) is 2. The summed E-state index contributed by atoms with van der Waals surface area (Å²) in [6.07, 6.45) is 0. The molecule has 0 saturated heterocycles. The van der Waals surface area contributed by atoms with Gasteiger partial charge in [0.2, 0.25) is 5.89 Å². The number of aromatic nitrogens is 2. The number of nitrogens with one attached hydrogen (secondary N) is 1. The highest BCUT2D eigenvalue weighted by molar-refractivity contribution is 6.04. The number of benzene rings is 2. The highest BCUT2D eigenvalue weighted by atomic mass is 16.4. The van der Waals surface area contributed by atoms with Gasteiger partial charge < -0.3 is 4.42 Å². The number of carbonyl (C=O) groups is 1. The summed E-state index contributed by atoms with van der Waals surface area (Å²) in [5.41, 5.74) is 5.68. The van der Waals surface area contributed by atoms with Gasteiger partial charge >= 0.3 is 6.01 Å². The molecule has 0 unspecified atom stereocenters. The van der Waals surface area contributed by atoms with Crippen molar-refractivity contribution in [1.82, 2.24) is 10.2 Å². The average Bonchev–Trinajstić information content (AvgIpc) is 2.95. The van der Waals surface area contributed by atoms with Crippen LogP contribution < -0.4 is 5.32 Å². The van der Waals surface area contributed by atoms with Gasteiger partial charge in [0, 0.05) is 11.1 Å². The van der Waals surface area contributed by atoms with Gasteiger partial charge in [0.25, 0.3) is 5.91 Å². The van der Waals surface area contributed by atoms with Crippen molar-refractivity contribution in [1.29, 1.82) is 0 Å². The Morgan fingerprint density at radius 3 is 2.25 bits per heavy atom. The minimum Gasteiger partial charge on any atom is -0.403 e. The summed E-state index contributed by atoms with van der Waals surface area (Å²) in [6.45, 7) is 7.90.